The summed E-state index contributed by atoms with van der Waals surface area (Å²) in [6.45, 7) is 5.63. The molecule has 0 unspecified atom stereocenters. The molecule has 0 saturated carbocycles. The van der Waals surface area contributed by atoms with Crippen molar-refractivity contribution in [3.63, 3.8) is 0 Å². The summed E-state index contributed by atoms with van der Waals surface area (Å²) in [7, 11) is 0. The molecular formula is C25H29NO4. The van der Waals surface area contributed by atoms with E-state index >= 15 is 0 Å². The van der Waals surface area contributed by atoms with Gasteiger partial charge in [-0.3, -0.25) is 14.4 Å². The Bertz CT molecular complexity index is 948. The van der Waals surface area contributed by atoms with Crippen LogP contribution in [0.1, 0.15) is 73.0 Å². The van der Waals surface area contributed by atoms with Gasteiger partial charge in [0.05, 0.1) is 6.42 Å². The lowest BCUT2D eigenvalue weighted by atomic mass is 10.0. The second-order valence-corrected chi connectivity index (χ2v) is 8.12. The minimum absolute atomic E-state index is 0.0455. The maximum atomic E-state index is 12.4. The molecule has 1 amide bonds. The van der Waals surface area contributed by atoms with Gasteiger partial charge in [0.25, 0.3) is 5.91 Å². The fourth-order valence-electron chi connectivity index (χ4n) is 3.76. The SMILES string of the molecule is CC(C)c1ccccc1NC(=O)[C@H](C)OC(=O)CCC(=O)c1ccc2c(c1)CCC2. The van der Waals surface area contributed by atoms with Crippen molar-refractivity contribution in [3.05, 3.63) is 64.7 Å². The molecule has 158 valence electrons. The molecule has 5 nitrogen and oxygen atoms in total. The molecule has 3 rings (SSSR count). The first-order valence-electron chi connectivity index (χ1n) is 10.6. The third kappa shape index (κ3) is 5.35. The summed E-state index contributed by atoms with van der Waals surface area (Å²) in [4.78, 5) is 37.0. The number of nitrogens with one attached hydrogen (secondary N) is 1. The summed E-state index contributed by atoms with van der Waals surface area (Å²) in [5.74, 6) is -0.764. The monoisotopic (exact) mass is 407 g/mol. The summed E-state index contributed by atoms with van der Waals surface area (Å²) in [6, 6.07) is 13.3. The Balaban J connectivity index is 1.49. The summed E-state index contributed by atoms with van der Waals surface area (Å²) in [5.41, 5.74) is 4.91. The zero-order chi connectivity index (χ0) is 21.7. The van der Waals surface area contributed by atoms with Crippen LogP contribution < -0.4 is 5.32 Å². The minimum Gasteiger partial charge on any atom is -0.453 e. The van der Waals surface area contributed by atoms with Crippen LogP contribution in [0.15, 0.2) is 42.5 Å². The van der Waals surface area contributed by atoms with E-state index in [9.17, 15) is 14.4 Å². The number of ether oxygens (including phenoxy) is 1. The van der Waals surface area contributed by atoms with E-state index in [1.165, 1.54) is 18.1 Å². The van der Waals surface area contributed by atoms with Gasteiger partial charge in [0.2, 0.25) is 0 Å². The van der Waals surface area contributed by atoms with Crippen LogP contribution in [0.3, 0.4) is 0 Å². The quantitative estimate of drug-likeness (QED) is 0.502. The van der Waals surface area contributed by atoms with Crippen LogP contribution >= 0.6 is 0 Å². The maximum absolute atomic E-state index is 12.4. The molecule has 2 aromatic rings. The molecule has 1 aliphatic carbocycles. The van der Waals surface area contributed by atoms with Gasteiger partial charge in [0, 0.05) is 17.7 Å². The van der Waals surface area contributed by atoms with Gasteiger partial charge in [-0.25, -0.2) is 0 Å². The number of Topliss-reactive ketones (excluding diaryl/α,β-unsaturated/α-hetero) is 1. The second kappa shape index (κ2) is 9.70. The first-order valence-corrected chi connectivity index (χ1v) is 10.6. The Morgan fingerprint density at radius 3 is 2.47 bits per heavy atom. The zero-order valence-electron chi connectivity index (χ0n) is 17.9. The number of carbonyl (C=O) groups is 3. The third-order valence-corrected chi connectivity index (χ3v) is 5.49. The van der Waals surface area contributed by atoms with Gasteiger partial charge in [0.1, 0.15) is 0 Å². The van der Waals surface area contributed by atoms with Gasteiger partial charge in [-0.05, 0) is 60.9 Å². The highest BCUT2D eigenvalue weighted by atomic mass is 16.5. The van der Waals surface area contributed by atoms with E-state index in [1.807, 2.05) is 56.3 Å². The molecule has 0 saturated heterocycles. The van der Waals surface area contributed by atoms with Crippen LogP contribution in [0, 0.1) is 0 Å². The van der Waals surface area contributed by atoms with Crippen molar-refractivity contribution in [3.8, 4) is 0 Å². The van der Waals surface area contributed by atoms with Gasteiger partial charge in [0.15, 0.2) is 11.9 Å². The predicted octanol–water partition coefficient (Wildman–Crippen LogP) is 4.83. The Morgan fingerprint density at radius 1 is 0.967 bits per heavy atom. The van der Waals surface area contributed by atoms with Crippen molar-refractivity contribution in [1.82, 2.24) is 0 Å². The van der Waals surface area contributed by atoms with Crippen molar-refractivity contribution in [1.29, 1.82) is 0 Å². The molecule has 1 aliphatic rings. The van der Waals surface area contributed by atoms with Crippen LogP contribution in [0.4, 0.5) is 5.69 Å². The number of amides is 1. The molecule has 0 fully saturated rings. The molecule has 0 aromatic heterocycles. The lowest BCUT2D eigenvalue weighted by Crippen LogP contribution is -2.30. The molecule has 1 N–H and O–H groups in total. The van der Waals surface area contributed by atoms with Crippen molar-refractivity contribution in [2.75, 3.05) is 5.32 Å². The maximum Gasteiger partial charge on any atom is 0.307 e. The van der Waals surface area contributed by atoms with Crippen molar-refractivity contribution in [2.45, 2.75) is 64.9 Å². The van der Waals surface area contributed by atoms with E-state index in [2.05, 4.69) is 5.32 Å². The number of hydrogen-bond donors (Lipinski definition) is 1. The highest BCUT2D eigenvalue weighted by Gasteiger charge is 2.20. The lowest BCUT2D eigenvalue weighted by molar-refractivity contribution is -0.153. The smallest absolute Gasteiger partial charge is 0.307 e. The highest BCUT2D eigenvalue weighted by Crippen LogP contribution is 2.25. The molecule has 0 spiro atoms. The zero-order valence-corrected chi connectivity index (χ0v) is 17.9. The minimum atomic E-state index is -0.937. The average Bonchev–Trinajstić information content (AvgIpc) is 3.20. The molecular weight excluding hydrogens is 378 g/mol. The van der Waals surface area contributed by atoms with E-state index < -0.39 is 12.1 Å². The molecule has 2 aromatic carbocycles. The van der Waals surface area contributed by atoms with Gasteiger partial charge in [-0.1, -0.05) is 44.2 Å². The van der Waals surface area contributed by atoms with Crippen LogP contribution in [-0.4, -0.2) is 23.8 Å². The number of rotatable bonds is 8. The number of para-hydroxylation sites is 1. The number of ketones is 1. The van der Waals surface area contributed by atoms with Gasteiger partial charge < -0.3 is 10.1 Å². The molecule has 30 heavy (non-hydrogen) atoms. The van der Waals surface area contributed by atoms with E-state index in [0.717, 1.165) is 24.8 Å². The first kappa shape index (κ1) is 21.8. The Kier molecular flexibility index (Phi) is 7.03. The van der Waals surface area contributed by atoms with E-state index in [-0.39, 0.29) is 30.4 Å². The molecule has 0 bridgehead atoms. The molecule has 5 heteroatoms. The summed E-state index contributed by atoms with van der Waals surface area (Å²) in [6.07, 6.45) is 2.29. The summed E-state index contributed by atoms with van der Waals surface area (Å²) >= 11 is 0. The highest BCUT2D eigenvalue weighted by molar-refractivity contribution is 5.98. The van der Waals surface area contributed by atoms with Crippen LogP contribution in [0.25, 0.3) is 0 Å². The van der Waals surface area contributed by atoms with Crippen molar-refractivity contribution in [2.24, 2.45) is 0 Å². The Labute approximate surface area is 177 Å². The van der Waals surface area contributed by atoms with Crippen molar-refractivity contribution >= 4 is 23.3 Å². The van der Waals surface area contributed by atoms with E-state index in [1.54, 1.807) is 0 Å². The third-order valence-electron chi connectivity index (χ3n) is 5.49. The van der Waals surface area contributed by atoms with Crippen LogP contribution in [-0.2, 0) is 27.2 Å². The van der Waals surface area contributed by atoms with Crippen LogP contribution in [0.5, 0.6) is 0 Å². The van der Waals surface area contributed by atoms with Gasteiger partial charge in [-0.15, -0.1) is 0 Å². The van der Waals surface area contributed by atoms with E-state index in [4.69, 9.17) is 4.74 Å². The van der Waals surface area contributed by atoms with Gasteiger partial charge in [-0.2, -0.15) is 0 Å². The van der Waals surface area contributed by atoms with Gasteiger partial charge >= 0.3 is 5.97 Å². The second-order valence-electron chi connectivity index (χ2n) is 8.12. The molecule has 1 atom stereocenters. The van der Waals surface area contributed by atoms with Crippen LogP contribution in [0.2, 0.25) is 0 Å². The summed E-state index contributed by atoms with van der Waals surface area (Å²) in [5, 5.41) is 2.83. The number of benzene rings is 2. The Hall–Kier alpha value is -2.95. The normalized spacial score (nSPS) is 13.6. The molecule has 0 radical (unpaired) electrons. The molecule has 0 aliphatic heterocycles. The topological polar surface area (TPSA) is 72.5 Å². The van der Waals surface area contributed by atoms with Crippen molar-refractivity contribution < 1.29 is 19.1 Å². The van der Waals surface area contributed by atoms with E-state index in [0.29, 0.717) is 11.3 Å². The first-order chi connectivity index (χ1) is 14.3. The predicted molar refractivity (Wildman–Crippen MR) is 117 cm³/mol. The number of anilines is 1. The number of aryl methyl sites for hydroxylation is 2. The molecule has 0 heterocycles. The average molecular weight is 408 g/mol. The number of esters is 1. The Morgan fingerprint density at radius 2 is 1.70 bits per heavy atom. The number of carbonyl (C=O) groups excluding carboxylic acids is 3. The fourth-order valence-corrected chi connectivity index (χ4v) is 3.76. The summed E-state index contributed by atoms with van der Waals surface area (Å²) < 4.78 is 5.24. The number of fused-ring (bicyclic) bond motifs is 1. The largest absolute Gasteiger partial charge is 0.453 e. The standard InChI is InChI=1S/C25H29NO4/c1-16(2)21-9-4-5-10-22(21)26-25(29)17(3)30-24(28)14-13-23(27)20-12-11-18-7-6-8-19(18)15-20/h4-5,9-12,15-17H,6-8,13-14H2,1-3H3,(H,26,29)/t17-/m0/s1. The lowest BCUT2D eigenvalue weighted by Gasteiger charge is -2.17. The fraction of sp³-hybridized carbons (Fsp3) is 0.400. The number of hydrogen-bond acceptors (Lipinski definition) is 4.